The zero-order valence-electron chi connectivity index (χ0n) is 20.2. The second kappa shape index (κ2) is 9.79. The van der Waals surface area contributed by atoms with Crippen molar-refractivity contribution in [2.24, 2.45) is 0 Å². The van der Waals surface area contributed by atoms with Crippen molar-refractivity contribution in [2.45, 2.75) is 25.3 Å². The van der Waals surface area contributed by atoms with Crippen LogP contribution in [0.5, 0.6) is 0 Å². The Morgan fingerprint density at radius 1 is 1.00 bits per heavy atom. The molecule has 0 spiro atoms. The van der Waals surface area contributed by atoms with Crippen LogP contribution in [0.2, 0.25) is 0 Å². The summed E-state index contributed by atoms with van der Waals surface area (Å²) in [5, 5.41) is 4.41. The van der Waals surface area contributed by atoms with Crippen LogP contribution in [0.4, 0.5) is 5.69 Å². The average molecular weight is 484 g/mol. The predicted molar refractivity (Wildman–Crippen MR) is 137 cm³/mol. The molecule has 0 bridgehead atoms. The minimum absolute atomic E-state index is 0.0840. The highest BCUT2D eigenvalue weighted by molar-refractivity contribution is 8.22. The molecular weight excluding hydrogens is 450 g/mol. The summed E-state index contributed by atoms with van der Waals surface area (Å²) < 4.78 is 24.4. The fourth-order valence-electron chi connectivity index (χ4n) is 4.30. The SMILES string of the molecule is Cc1cc(C)n(CC(=O)N2CCN(c3ccccc3-c3cccc(S(O)(O)N(C)C)c3)CC2)n1. The van der Waals surface area contributed by atoms with E-state index in [1.165, 1.54) is 4.31 Å². The maximum Gasteiger partial charge on any atom is 0.244 e. The molecule has 8 nitrogen and oxygen atoms in total. The number of carbonyl (C=O) groups is 1. The number of rotatable bonds is 6. The van der Waals surface area contributed by atoms with E-state index in [1.54, 1.807) is 24.8 Å². The van der Waals surface area contributed by atoms with Crippen LogP contribution in [0, 0.1) is 13.8 Å². The van der Waals surface area contributed by atoms with Gasteiger partial charge in [-0.2, -0.15) is 5.10 Å². The van der Waals surface area contributed by atoms with Gasteiger partial charge in [-0.05, 0) is 43.7 Å². The van der Waals surface area contributed by atoms with Gasteiger partial charge in [-0.3, -0.25) is 18.6 Å². The van der Waals surface area contributed by atoms with E-state index in [4.69, 9.17) is 0 Å². The van der Waals surface area contributed by atoms with Gasteiger partial charge in [0.25, 0.3) is 0 Å². The standard InChI is InChI=1S/C25H33N5O3S/c1-19-16-20(2)30(26-19)18-25(31)29-14-12-28(13-15-29)24-11-6-5-10-23(24)21-8-7-9-22(17-21)34(32,33)27(3)4/h5-11,16-17,32-33H,12-15,18H2,1-4H3. The van der Waals surface area contributed by atoms with Gasteiger partial charge in [0.1, 0.15) is 6.54 Å². The van der Waals surface area contributed by atoms with Crippen LogP contribution in [-0.4, -0.2) is 74.3 Å². The van der Waals surface area contributed by atoms with E-state index in [0.717, 1.165) is 41.3 Å². The second-order valence-corrected chi connectivity index (χ2v) is 11.1. The van der Waals surface area contributed by atoms with Crippen molar-refractivity contribution >= 4 is 22.4 Å². The lowest BCUT2D eigenvalue weighted by Crippen LogP contribution is -2.49. The smallest absolute Gasteiger partial charge is 0.244 e. The molecule has 1 aromatic heterocycles. The van der Waals surface area contributed by atoms with Crippen LogP contribution >= 0.6 is 10.8 Å². The quantitative estimate of drug-likeness (QED) is 0.549. The number of carbonyl (C=O) groups excluding carboxylic acids is 1. The predicted octanol–water partition coefficient (Wildman–Crippen LogP) is 4.10. The Balaban J connectivity index is 1.49. The van der Waals surface area contributed by atoms with Crippen LogP contribution in [0.3, 0.4) is 0 Å². The summed E-state index contributed by atoms with van der Waals surface area (Å²) in [5.41, 5.74) is 4.94. The zero-order chi connectivity index (χ0) is 24.5. The molecule has 3 aromatic rings. The normalized spacial score (nSPS) is 15.1. The number of aromatic nitrogens is 2. The van der Waals surface area contributed by atoms with Crippen LogP contribution in [-0.2, 0) is 11.3 Å². The van der Waals surface area contributed by atoms with Gasteiger partial charge in [-0.25, -0.2) is 4.31 Å². The molecule has 1 aliphatic rings. The van der Waals surface area contributed by atoms with Crippen molar-refractivity contribution in [3.05, 3.63) is 66.0 Å². The first-order valence-corrected chi connectivity index (χ1v) is 12.9. The van der Waals surface area contributed by atoms with Gasteiger partial charge in [0, 0.05) is 57.2 Å². The minimum Gasteiger partial charge on any atom is -0.367 e. The zero-order valence-corrected chi connectivity index (χ0v) is 21.0. The molecule has 0 saturated carbocycles. The highest BCUT2D eigenvalue weighted by Crippen LogP contribution is 2.50. The van der Waals surface area contributed by atoms with E-state index in [1.807, 2.05) is 55.1 Å². The fourth-order valence-corrected chi connectivity index (χ4v) is 5.27. The van der Waals surface area contributed by atoms with Gasteiger partial charge in [0.2, 0.25) is 5.91 Å². The third kappa shape index (κ3) is 4.97. The number of nitrogens with zero attached hydrogens (tertiary/aromatic N) is 5. The first kappa shape index (κ1) is 24.3. The van der Waals surface area contributed by atoms with E-state index in [9.17, 15) is 13.9 Å². The molecule has 0 aliphatic carbocycles. The summed E-state index contributed by atoms with van der Waals surface area (Å²) in [6.45, 7) is 6.92. The number of piperazine rings is 1. The molecular formula is C25H33N5O3S. The largest absolute Gasteiger partial charge is 0.367 e. The third-order valence-electron chi connectivity index (χ3n) is 6.24. The number of hydrogen-bond donors (Lipinski definition) is 2. The maximum absolute atomic E-state index is 12.8. The molecule has 0 atom stereocenters. The fraction of sp³-hybridized carbons (Fsp3) is 0.360. The lowest BCUT2D eigenvalue weighted by atomic mass is 10.0. The lowest BCUT2D eigenvalue weighted by Gasteiger charge is -2.39. The summed E-state index contributed by atoms with van der Waals surface area (Å²) in [6, 6.07) is 17.6. The summed E-state index contributed by atoms with van der Waals surface area (Å²) >= 11 is 0. The minimum atomic E-state index is -3.02. The molecule has 0 unspecified atom stereocenters. The first-order valence-electron chi connectivity index (χ1n) is 11.4. The number of anilines is 1. The molecule has 4 rings (SSSR count). The van der Waals surface area contributed by atoms with Gasteiger partial charge in [-0.15, -0.1) is 10.8 Å². The molecule has 1 aliphatic heterocycles. The molecule has 9 heteroatoms. The van der Waals surface area contributed by atoms with E-state index >= 15 is 0 Å². The van der Waals surface area contributed by atoms with Crippen molar-refractivity contribution in [1.82, 2.24) is 19.0 Å². The highest BCUT2D eigenvalue weighted by atomic mass is 32.3. The molecule has 34 heavy (non-hydrogen) atoms. The Bertz CT molecular complexity index is 1170. The summed E-state index contributed by atoms with van der Waals surface area (Å²) in [5.74, 6) is 0.0840. The molecule has 1 fully saturated rings. The van der Waals surface area contributed by atoms with E-state index in [0.29, 0.717) is 18.0 Å². The van der Waals surface area contributed by atoms with Crippen LogP contribution in [0.15, 0.2) is 59.5 Å². The number of benzene rings is 2. The van der Waals surface area contributed by atoms with Crippen molar-refractivity contribution in [2.75, 3.05) is 45.2 Å². The average Bonchev–Trinajstić information content (AvgIpc) is 3.15. The van der Waals surface area contributed by atoms with Crippen molar-refractivity contribution in [1.29, 1.82) is 0 Å². The first-order chi connectivity index (χ1) is 16.2. The van der Waals surface area contributed by atoms with Gasteiger partial charge < -0.3 is 9.80 Å². The highest BCUT2D eigenvalue weighted by Gasteiger charge is 2.24. The number of hydrogen-bond acceptors (Lipinski definition) is 6. The topological polar surface area (TPSA) is 85.1 Å². The Hall–Kier alpha value is -2.85. The summed E-state index contributed by atoms with van der Waals surface area (Å²) in [4.78, 5) is 17.5. The van der Waals surface area contributed by atoms with Gasteiger partial charge in [0.15, 0.2) is 0 Å². The molecule has 2 aromatic carbocycles. The van der Waals surface area contributed by atoms with Crippen LogP contribution in [0.1, 0.15) is 11.4 Å². The summed E-state index contributed by atoms with van der Waals surface area (Å²) in [6.07, 6.45) is 0. The van der Waals surface area contributed by atoms with Gasteiger partial charge in [0.05, 0.1) is 10.6 Å². The third-order valence-corrected chi connectivity index (χ3v) is 8.14. The van der Waals surface area contributed by atoms with E-state index < -0.39 is 10.8 Å². The summed E-state index contributed by atoms with van der Waals surface area (Å²) in [7, 11) is 0.296. The second-order valence-electron chi connectivity index (χ2n) is 8.83. The molecule has 1 saturated heterocycles. The van der Waals surface area contributed by atoms with Crippen molar-refractivity contribution in [3.63, 3.8) is 0 Å². The van der Waals surface area contributed by atoms with Crippen LogP contribution < -0.4 is 4.90 Å². The molecule has 182 valence electrons. The van der Waals surface area contributed by atoms with Gasteiger partial charge in [-0.1, -0.05) is 30.3 Å². The van der Waals surface area contributed by atoms with Crippen molar-refractivity contribution < 1.29 is 13.9 Å². The van der Waals surface area contributed by atoms with E-state index in [2.05, 4.69) is 22.1 Å². The van der Waals surface area contributed by atoms with Gasteiger partial charge >= 0.3 is 0 Å². The van der Waals surface area contributed by atoms with E-state index in [-0.39, 0.29) is 12.5 Å². The molecule has 0 radical (unpaired) electrons. The van der Waals surface area contributed by atoms with Crippen molar-refractivity contribution in [3.8, 4) is 11.1 Å². The number of para-hydroxylation sites is 1. The lowest BCUT2D eigenvalue weighted by molar-refractivity contribution is -0.132. The number of aryl methyl sites for hydroxylation is 2. The maximum atomic E-state index is 12.8. The molecule has 2 N–H and O–H groups in total. The number of amides is 1. The Morgan fingerprint density at radius 3 is 2.35 bits per heavy atom. The Morgan fingerprint density at radius 2 is 1.71 bits per heavy atom. The molecule has 1 amide bonds. The Labute approximate surface area is 202 Å². The van der Waals surface area contributed by atoms with Crippen LogP contribution in [0.25, 0.3) is 11.1 Å². The monoisotopic (exact) mass is 483 g/mol. The molecule has 2 heterocycles. The Kier molecular flexibility index (Phi) is 6.99.